The van der Waals surface area contributed by atoms with E-state index in [9.17, 15) is 9.59 Å². The van der Waals surface area contributed by atoms with Crippen molar-refractivity contribution in [2.75, 3.05) is 0 Å². The number of nitriles is 1. The Hall–Kier alpha value is -3.07. The van der Waals surface area contributed by atoms with E-state index in [-0.39, 0.29) is 12.5 Å². The van der Waals surface area contributed by atoms with Gasteiger partial charge < -0.3 is 9.73 Å². The SMILES string of the molecule is C[C@@]1(c2ccco2)NC(=O)N(Cc2cccc(C#N)c2)C1=O. The predicted octanol–water partition coefficient (Wildman–Crippen LogP) is 2.12. The van der Waals surface area contributed by atoms with Gasteiger partial charge in [0.25, 0.3) is 5.91 Å². The van der Waals surface area contributed by atoms with Crippen molar-refractivity contribution < 1.29 is 14.0 Å². The molecule has 0 radical (unpaired) electrons. The second kappa shape index (κ2) is 5.04. The molecule has 6 nitrogen and oxygen atoms in total. The van der Waals surface area contributed by atoms with Gasteiger partial charge in [-0.2, -0.15) is 5.26 Å². The van der Waals surface area contributed by atoms with Gasteiger partial charge in [0.2, 0.25) is 0 Å². The van der Waals surface area contributed by atoms with Crippen LogP contribution in [0.3, 0.4) is 0 Å². The number of furan rings is 1. The van der Waals surface area contributed by atoms with Crippen LogP contribution in [0.15, 0.2) is 47.1 Å². The summed E-state index contributed by atoms with van der Waals surface area (Å²) in [6, 6.07) is 11.7. The van der Waals surface area contributed by atoms with Crippen LogP contribution in [-0.4, -0.2) is 16.8 Å². The Labute approximate surface area is 126 Å². The molecule has 3 amide bonds. The fourth-order valence-corrected chi connectivity index (χ4v) is 2.49. The van der Waals surface area contributed by atoms with Crippen LogP contribution in [0.2, 0.25) is 0 Å². The Bertz CT molecular complexity index is 776. The highest BCUT2D eigenvalue weighted by Crippen LogP contribution is 2.30. The van der Waals surface area contributed by atoms with Crippen molar-refractivity contribution in [3.63, 3.8) is 0 Å². The summed E-state index contributed by atoms with van der Waals surface area (Å²) in [4.78, 5) is 25.9. The number of urea groups is 1. The third-order valence-electron chi connectivity index (χ3n) is 3.69. The van der Waals surface area contributed by atoms with E-state index in [0.29, 0.717) is 16.9 Å². The number of nitrogens with one attached hydrogen (secondary N) is 1. The van der Waals surface area contributed by atoms with E-state index in [4.69, 9.17) is 9.68 Å². The minimum atomic E-state index is -1.20. The lowest BCUT2D eigenvalue weighted by Gasteiger charge is -2.19. The van der Waals surface area contributed by atoms with Crippen LogP contribution in [0, 0.1) is 11.3 Å². The second-order valence-corrected chi connectivity index (χ2v) is 5.24. The maximum absolute atomic E-state index is 12.6. The van der Waals surface area contributed by atoms with Crippen LogP contribution >= 0.6 is 0 Å². The van der Waals surface area contributed by atoms with Crippen LogP contribution in [0.5, 0.6) is 0 Å². The van der Waals surface area contributed by atoms with E-state index in [1.54, 1.807) is 43.3 Å². The summed E-state index contributed by atoms with van der Waals surface area (Å²) >= 11 is 0. The Morgan fingerprint density at radius 1 is 1.32 bits per heavy atom. The Morgan fingerprint density at radius 2 is 2.14 bits per heavy atom. The zero-order valence-electron chi connectivity index (χ0n) is 11.9. The van der Waals surface area contributed by atoms with Gasteiger partial charge in [0.15, 0.2) is 5.54 Å². The van der Waals surface area contributed by atoms with Crippen molar-refractivity contribution in [2.24, 2.45) is 0 Å². The molecule has 1 fully saturated rings. The average molecular weight is 295 g/mol. The molecule has 1 saturated heterocycles. The molecular formula is C16H13N3O3. The van der Waals surface area contributed by atoms with Crippen LogP contribution in [0.1, 0.15) is 23.8 Å². The summed E-state index contributed by atoms with van der Waals surface area (Å²) in [5.41, 5.74) is -0.00227. The van der Waals surface area contributed by atoms with E-state index < -0.39 is 11.6 Å². The first-order valence-electron chi connectivity index (χ1n) is 6.72. The molecule has 0 unspecified atom stereocenters. The Kier molecular flexibility index (Phi) is 3.18. The summed E-state index contributed by atoms with van der Waals surface area (Å²) in [5, 5.41) is 11.6. The van der Waals surface area contributed by atoms with Crippen molar-refractivity contribution >= 4 is 11.9 Å². The van der Waals surface area contributed by atoms with E-state index >= 15 is 0 Å². The van der Waals surface area contributed by atoms with Crippen LogP contribution in [0.25, 0.3) is 0 Å². The smallest absolute Gasteiger partial charge is 0.325 e. The highest BCUT2D eigenvalue weighted by molar-refractivity contribution is 6.06. The number of amides is 3. The number of benzene rings is 1. The molecule has 2 heterocycles. The summed E-state index contributed by atoms with van der Waals surface area (Å²) in [6.07, 6.45) is 1.46. The van der Waals surface area contributed by atoms with E-state index in [1.807, 2.05) is 6.07 Å². The number of hydrogen-bond acceptors (Lipinski definition) is 4. The van der Waals surface area contributed by atoms with Crippen LogP contribution < -0.4 is 5.32 Å². The molecule has 1 aromatic carbocycles. The molecule has 2 aromatic rings. The average Bonchev–Trinajstić information content (AvgIpc) is 3.12. The molecule has 1 aromatic heterocycles. The van der Waals surface area contributed by atoms with Crippen molar-refractivity contribution in [3.05, 3.63) is 59.5 Å². The number of imide groups is 1. The van der Waals surface area contributed by atoms with Gasteiger partial charge in [-0.1, -0.05) is 12.1 Å². The molecule has 0 spiro atoms. The van der Waals surface area contributed by atoms with Crippen molar-refractivity contribution in [1.29, 1.82) is 5.26 Å². The first kappa shape index (κ1) is 13.9. The highest BCUT2D eigenvalue weighted by atomic mass is 16.3. The van der Waals surface area contributed by atoms with Gasteiger partial charge in [-0.25, -0.2) is 4.79 Å². The molecule has 1 atom stereocenters. The molecule has 1 aliphatic heterocycles. The molecule has 0 aliphatic carbocycles. The van der Waals surface area contributed by atoms with Crippen molar-refractivity contribution in [2.45, 2.75) is 19.0 Å². The Morgan fingerprint density at radius 3 is 2.82 bits per heavy atom. The molecule has 6 heteroatoms. The molecule has 110 valence electrons. The summed E-state index contributed by atoms with van der Waals surface area (Å²) in [5.74, 6) is 0.00827. The predicted molar refractivity (Wildman–Crippen MR) is 76.3 cm³/mol. The first-order chi connectivity index (χ1) is 10.5. The Balaban J connectivity index is 1.88. The molecule has 1 aliphatic rings. The topological polar surface area (TPSA) is 86.3 Å². The largest absolute Gasteiger partial charge is 0.466 e. The number of carbonyl (C=O) groups excluding carboxylic acids is 2. The molecule has 1 N–H and O–H groups in total. The summed E-state index contributed by atoms with van der Waals surface area (Å²) in [6.45, 7) is 1.72. The van der Waals surface area contributed by atoms with Gasteiger partial charge in [-0.3, -0.25) is 9.69 Å². The second-order valence-electron chi connectivity index (χ2n) is 5.24. The lowest BCUT2D eigenvalue weighted by molar-refractivity contribution is -0.132. The maximum atomic E-state index is 12.6. The van der Waals surface area contributed by atoms with Gasteiger partial charge in [0, 0.05) is 0 Å². The van der Waals surface area contributed by atoms with Gasteiger partial charge in [-0.15, -0.1) is 0 Å². The third kappa shape index (κ3) is 2.13. The zero-order valence-corrected chi connectivity index (χ0v) is 11.9. The standard InChI is InChI=1S/C16H13N3O3/c1-16(13-6-3-7-22-13)14(20)19(15(21)18-16)10-12-5-2-4-11(8-12)9-17/h2-8H,10H2,1H3,(H,18,21)/t16-/m0/s1. The molecule has 22 heavy (non-hydrogen) atoms. The normalized spacial score (nSPS) is 20.8. The van der Waals surface area contributed by atoms with Crippen LogP contribution in [-0.2, 0) is 16.9 Å². The van der Waals surface area contributed by atoms with Crippen molar-refractivity contribution in [3.8, 4) is 6.07 Å². The molecular weight excluding hydrogens is 282 g/mol. The van der Waals surface area contributed by atoms with E-state index in [0.717, 1.165) is 4.90 Å². The number of rotatable bonds is 3. The monoisotopic (exact) mass is 295 g/mol. The molecule has 0 bridgehead atoms. The summed E-state index contributed by atoms with van der Waals surface area (Å²) < 4.78 is 5.27. The lowest BCUT2D eigenvalue weighted by atomic mass is 9.99. The molecule has 3 rings (SSSR count). The highest BCUT2D eigenvalue weighted by Gasteiger charge is 2.50. The quantitative estimate of drug-likeness (QED) is 0.879. The number of hydrogen-bond donors (Lipinski definition) is 1. The zero-order chi connectivity index (χ0) is 15.7. The van der Waals surface area contributed by atoms with Gasteiger partial charge in [0.1, 0.15) is 5.76 Å². The first-order valence-corrected chi connectivity index (χ1v) is 6.72. The third-order valence-corrected chi connectivity index (χ3v) is 3.69. The number of nitrogens with zero attached hydrogens (tertiary/aromatic N) is 2. The lowest BCUT2D eigenvalue weighted by Crippen LogP contribution is -2.40. The van der Waals surface area contributed by atoms with Crippen LogP contribution in [0.4, 0.5) is 4.79 Å². The fraction of sp³-hybridized carbons (Fsp3) is 0.188. The van der Waals surface area contributed by atoms with E-state index in [1.165, 1.54) is 6.26 Å². The molecule has 0 saturated carbocycles. The minimum Gasteiger partial charge on any atom is -0.466 e. The van der Waals surface area contributed by atoms with Gasteiger partial charge in [-0.05, 0) is 36.8 Å². The summed E-state index contributed by atoms with van der Waals surface area (Å²) in [7, 11) is 0. The van der Waals surface area contributed by atoms with Gasteiger partial charge >= 0.3 is 6.03 Å². The number of carbonyl (C=O) groups is 2. The van der Waals surface area contributed by atoms with Gasteiger partial charge in [0.05, 0.1) is 24.4 Å². The maximum Gasteiger partial charge on any atom is 0.325 e. The minimum absolute atomic E-state index is 0.108. The van der Waals surface area contributed by atoms with E-state index in [2.05, 4.69) is 5.32 Å². The fourth-order valence-electron chi connectivity index (χ4n) is 2.49. The van der Waals surface area contributed by atoms with Crippen molar-refractivity contribution in [1.82, 2.24) is 10.2 Å².